The first-order valence-corrected chi connectivity index (χ1v) is 8.47. The molecule has 0 amide bonds. The molecule has 0 N–H and O–H groups in total. The van der Waals surface area contributed by atoms with Gasteiger partial charge in [-0.2, -0.15) is 10.5 Å². The quantitative estimate of drug-likeness (QED) is 0.729. The van der Waals surface area contributed by atoms with E-state index in [0.29, 0.717) is 24.7 Å². The third-order valence-corrected chi connectivity index (χ3v) is 6.92. The van der Waals surface area contributed by atoms with Gasteiger partial charge in [-0.1, -0.05) is 12.5 Å². The van der Waals surface area contributed by atoms with E-state index in [2.05, 4.69) is 19.1 Å². The molecule has 3 rings (SSSR count). The molecular formula is C19H24N2O. The number of allylic oxidation sites excluding steroid dienone is 2. The lowest BCUT2D eigenvalue weighted by atomic mass is 9.47. The minimum Gasteiger partial charge on any atom is -0.295 e. The van der Waals surface area contributed by atoms with Crippen LogP contribution in [0.5, 0.6) is 0 Å². The number of carbonyl (C=O) groups excluding carboxylic acids is 1. The fourth-order valence-corrected chi connectivity index (χ4v) is 5.49. The molecular weight excluding hydrogens is 272 g/mol. The molecule has 3 aliphatic rings. The Morgan fingerprint density at radius 1 is 1.23 bits per heavy atom. The third-order valence-electron chi connectivity index (χ3n) is 6.92. The number of fused-ring (bicyclic) bond motifs is 3. The average Bonchev–Trinajstić information content (AvgIpc) is 2.51. The summed E-state index contributed by atoms with van der Waals surface area (Å²) < 4.78 is 0. The van der Waals surface area contributed by atoms with Crippen molar-refractivity contribution >= 4 is 5.78 Å². The van der Waals surface area contributed by atoms with Crippen molar-refractivity contribution in [3.8, 4) is 12.1 Å². The predicted molar refractivity (Wildman–Crippen MR) is 83.3 cm³/mol. The molecule has 3 nitrogen and oxygen atoms in total. The smallest absolute Gasteiger partial charge is 0.155 e. The van der Waals surface area contributed by atoms with Crippen LogP contribution in [0.1, 0.15) is 58.8 Å². The summed E-state index contributed by atoms with van der Waals surface area (Å²) in [6, 6.07) is 4.85. The standard InChI is InChI=1S/C19H24N2O/c1-18(12-21)8-6-17-15(16(18)7-10-20)4-3-13-11-14(22)5-9-19(13,17)2/h11,15-17H,3-9H2,1-2H3/t15-,16?,17-,18+,19-/m0/s1. The van der Waals surface area contributed by atoms with Crippen molar-refractivity contribution < 1.29 is 4.79 Å². The monoisotopic (exact) mass is 296 g/mol. The van der Waals surface area contributed by atoms with E-state index in [-0.39, 0.29) is 22.5 Å². The normalized spacial score (nSPS) is 44.1. The van der Waals surface area contributed by atoms with E-state index >= 15 is 0 Å². The first-order chi connectivity index (χ1) is 10.4. The summed E-state index contributed by atoms with van der Waals surface area (Å²) in [5, 5.41) is 18.9. The summed E-state index contributed by atoms with van der Waals surface area (Å²) in [6.07, 6.45) is 7.92. The van der Waals surface area contributed by atoms with Gasteiger partial charge >= 0.3 is 0 Å². The zero-order valence-corrected chi connectivity index (χ0v) is 13.6. The summed E-state index contributed by atoms with van der Waals surface area (Å²) >= 11 is 0. The molecule has 0 radical (unpaired) electrons. The number of carbonyl (C=O) groups is 1. The second-order valence-electron chi connectivity index (χ2n) is 7.90. The maximum Gasteiger partial charge on any atom is 0.155 e. The van der Waals surface area contributed by atoms with Crippen molar-refractivity contribution in [2.45, 2.75) is 58.8 Å². The van der Waals surface area contributed by atoms with Crippen molar-refractivity contribution in [3.63, 3.8) is 0 Å². The van der Waals surface area contributed by atoms with Gasteiger partial charge in [0.05, 0.1) is 17.6 Å². The molecule has 0 aromatic carbocycles. The Balaban J connectivity index is 1.97. The Labute approximate surface area is 133 Å². The highest BCUT2D eigenvalue weighted by molar-refractivity contribution is 5.91. The van der Waals surface area contributed by atoms with Crippen LogP contribution in [0, 0.1) is 51.2 Å². The summed E-state index contributed by atoms with van der Waals surface area (Å²) in [7, 11) is 0. The van der Waals surface area contributed by atoms with Crippen molar-refractivity contribution in [1.29, 1.82) is 10.5 Å². The molecule has 0 spiro atoms. The van der Waals surface area contributed by atoms with Gasteiger partial charge < -0.3 is 0 Å². The van der Waals surface area contributed by atoms with Crippen LogP contribution in [-0.4, -0.2) is 5.78 Å². The van der Waals surface area contributed by atoms with Crippen LogP contribution in [0.15, 0.2) is 11.6 Å². The highest BCUT2D eigenvalue weighted by Gasteiger charge is 2.55. The molecule has 116 valence electrons. The number of hydrogen-bond donors (Lipinski definition) is 0. The Hall–Kier alpha value is -1.61. The van der Waals surface area contributed by atoms with Crippen LogP contribution in [0.25, 0.3) is 0 Å². The van der Waals surface area contributed by atoms with Crippen molar-refractivity contribution in [2.75, 3.05) is 0 Å². The van der Waals surface area contributed by atoms with Crippen LogP contribution >= 0.6 is 0 Å². The van der Waals surface area contributed by atoms with Gasteiger partial charge in [-0.3, -0.25) is 4.79 Å². The van der Waals surface area contributed by atoms with E-state index < -0.39 is 0 Å². The van der Waals surface area contributed by atoms with Gasteiger partial charge in [0.15, 0.2) is 5.78 Å². The molecule has 22 heavy (non-hydrogen) atoms. The molecule has 1 unspecified atom stereocenters. The molecule has 0 saturated heterocycles. The van der Waals surface area contributed by atoms with Gasteiger partial charge in [0.25, 0.3) is 0 Å². The number of nitriles is 2. The SMILES string of the molecule is C[C@]1(C#N)CC[C@H]2[C@@H](CCC3=CC(=O)CC[C@@]32C)C1CC#N. The molecule has 0 aromatic heterocycles. The van der Waals surface area contributed by atoms with Gasteiger partial charge in [-0.05, 0) is 68.3 Å². The molecule has 5 atom stereocenters. The molecule has 3 aliphatic carbocycles. The van der Waals surface area contributed by atoms with Crippen LogP contribution in [-0.2, 0) is 4.79 Å². The minimum atomic E-state index is -0.362. The fourth-order valence-electron chi connectivity index (χ4n) is 5.49. The minimum absolute atomic E-state index is 0.112. The van der Waals surface area contributed by atoms with Crippen LogP contribution in [0.3, 0.4) is 0 Å². The fraction of sp³-hybridized carbons (Fsp3) is 0.737. The molecule has 0 aromatic rings. The van der Waals surface area contributed by atoms with E-state index in [1.807, 2.05) is 13.0 Å². The number of hydrogen-bond acceptors (Lipinski definition) is 3. The number of ketones is 1. The Morgan fingerprint density at radius 3 is 2.68 bits per heavy atom. The summed E-state index contributed by atoms with van der Waals surface area (Å²) in [6.45, 7) is 4.36. The Morgan fingerprint density at radius 2 is 2.00 bits per heavy atom. The lowest BCUT2D eigenvalue weighted by Gasteiger charge is -2.56. The zero-order chi connectivity index (χ0) is 16.0. The summed E-state index contributed by atoms with van der Waals surface area (Å²) in [5.74, 6) is 1.43. The average molecular weight is 296 g/mol. The van der Waals surface area contributed by atoms with E-state index in [4.69, 9.17) is 0 Å². The van der Waals surface area contributed by atoms with Crippen LogP contribution in [0.2, 0.25) is 0 Å². The maximum atomic E-state index is 11.8. The van der Waals surface area contributed by atoms with Crippen LogP contribution in [0.4, 0.5) is 0 Å². The second-order valence-corrected chi connectivity index (χ2v) is 7.90. The van der Waals surface area contributed by atoms with Crippen molar-refractivity contribution in [1.82, 2.24) is 0 Å². The highest BCUT2D eigenvalue weighted by Crippen LogP contribution is 2.61. The van der Waals surface area contributed by atoms with Gasteiger partial charge in [-0.25, -0.2) is 0 Å². The van der Waals surface area contributed by atoms with Gasteiger partial charge in [0, 0.05) is 12.8 Å². The van der Waals surface area contributed by atoms with Crippen molar-refractivity contribution in [3.05, 3.63) is 11.6 Å². The first-order valence-electron chi connectivity index (χ1n) is 8.47. The predicted octanol–water partition coefficient (Wildman–Crippen LogP) is 4.16. The lowest BCUT2D eigenvalue weighted by molar-refractivity contribution is -0.117. The van der Waals surface area contributed by atoms with E-state index in [9.17, 15) is 15.3 Å². The second kappa shape index (κ2) is 5.24. The number of rotatable bonds is 1. The van der Waals surface area contributed by atoms with Gasteiger partial charge in [0.1, 0.15) is 0 Å². The van der Waals surface area contributed by atoms with Crippen LogP contribution < -0.4 is 0 Å². The summed E-state index contributed by atoms with van der Waals surface area (Å²) in [5.41, 5.74) is 1.08. The highest BCUT2D eigenvalue weighted by atomic mass is 16.1. The van der Waals surface area contributed by atoms with Gasteiger partial charge in [0.2, 0.25) is 0 Å². The van der Waals surface area contributed by atoms with E-state index in [1.54, 1.807) is 0 Å². The summed E-state index contributed by atoms with van der Waals surface area (Å²) in [4.78, 5) is 11.8. The number of nitrogens with zero attached hydrogens (tertiary/aromatic N) is 2. The molecule has 2 fully saturated rings. The van der Waals surface area contributed by atoms with Crippen molar-refractivity contribution in [2.24, 2.45) is 28.6 Å². The molecule has 0 aliphatic heterocycles. The topological polar surface area (TPSA) is 64.7 Å². The lowest BCUT2D eigenvalue weighted by Crippen LogP contribution is -2.50. The Kier molecular flexibility index (Phi) is 3.64. The maximum absolute atomic E-state index is 11.8. The Bertz CT molecular complexity index is 608. The zero-order valence-electron chi connectivity index (χ0n) is 13.6. The van der Waals surface area contributed by atoms with E-state index in [1.165, 1.54) is 5.57 Å². The first kappa shape index (κ1) is 15.3. The molecule has 2 saturated carbocycles. The van der Waals surface area contributed by atoms with Gasteiger partial charge in [-0.15, -0.1) is 0 Å². The van der Waals surface area contributed by atoms with E-state index in [0.717, 1.165) is 32.1 Å². The molecule has 3 heteroatoms. The largest absolute Gasteiger partial charge is 0.295 e. The molecule has 0 bridgehead atoms. The molecule has 0 heterocycles. The third kappa shape index (κ3) is 2.11.